The van der Waals surface area contributed by atoms with Gasteiger partial charge in [-0.15, -0.1) is 24.0 Å². The van der Waals surface area contributed by atoms with Crippen LogP contribution in [0.25, 0.3) is 0 Å². The van der Waals surface area contributed by atoms with Crippen LogP contribution in [-0.2, 0) is 6.54 Å². The third-order valence-electron chi connectivity index (χ3n) is 4.38. The van der Waals surface area contributed by atoms with Crippen LogP contribution in [0.5, 0.6) is 17.4 Å². The molecule has 8 heteroatoms. The van der Waals surface area contributed by atoms with Gasteiger partial charge < -0.3 is 25.3 Å². The number of nitrogens with zero attached hydrogens (tertiary/aromatic N) is 2. The molecule has 2 aromatic rings. The minimum Gasteiger partial charge on any atom is -0.490 e. The van der Waals surface area contributed by atoms with Crippen LogP contribution >= 0.6 is 24.0 Å². The lowest BCUT2D eigenvalue weighted by Crippen LogP contribution is -2.22. The molecule has 1 unspecified atom stereocenters. The summed E-state index contributed by atoms with van der Waals surface area (Å²) in [5.41, 5.74) is 7.84. The molecule has 1 aliphatic rings. The topological polar surface area (TPSA) is 91.0 Å². The number of nitrogens with two attached hydrogens (primary N) is 1. The van der Waals surface area contributed by atoms with Crippen LogP contribution in [0, 0.1) is 5.92 Å². The molecule has 7 nitrogen and oxygen atoms in total. The molecule has 30 heavy (non-hydrogen) atoms. The van der Waals surface area contributed by atoms with E-state index in [-0.39, 0.29) is 30.1 Å². The van der Waals surface area contributed by atoms with Crippen molar-refractivity contribution in [3.63, 3.8) is 0 Å². The van der Waals surface area contributed by atoms with Crippen molar-refractivity contribution in [2.45, 2.75) is 46.3 Å². The summed E-state index contributed by atoms with van der Waals surface area (Å²) in [6, 6.07) is 9.45. The Morgan fingerprint density at radius 3 is 2.70 bits per heavy atom. The Labute approximate surface area is 195 Å². The molecule has 0 saturated heterocycles. The SMILES string of the molecule is CC(C)CC(C)Oc1cc(CN=C(N)Nc2ccc3c(c2)OCCCO3)ccn1.I. The number of benzene rings is 1. The highest BCUT2D eigenvalue weighted by Crippen LogP contribution is 2.32. The molecule has 0 radical (unpaired) electrons. The van der Waals surface area contributed by atoms with Gasteiger partial charge in [-0.3, -0.25) is 0 Å². The van der Waals surface area contributed by atoms with Gasteiger partial charge in [0.25, 0.3) is 0 Å². The maximum absolute atomic E-state index is 6.05. The van der Waals surface area contributed by atoms with Gasteiger partial charge in [0.15, 0.2) is 17.5 Å². The smallest absolute Gasteiger partial charge is 0.213 e. The molecule has 3 rings (SSSR count). The Balaban J connectivity index is 0.00000320. The molecule has 2 heterocycles. The van der Waals surface area contributed by atoms with Crippen molar-refractivity contribution in [3.05, 3.63) is 42.1 Å². The fourth-order valence-corrected chi connectivity index (χ4v) is 3.14. The Morgan fingerprint density at radius 2 is 1.93 bits per heavy atom. The summed E-state index contributed by atoms with van der Waals surface area (Å²) >= 11 is 0. The molecule has 0 saturated carbocycles. The van der Waals surface area contributed by atoms with Gasteiger partial charge in [0.2, 0.25) is 5.88 Å². The van der Waals surface area contributed by atoms with Crippen LogP contribution in [0.15, 0.2) is 41.5 Å². The molecule has 1 aromatic carbocycles. The molecule has 0 aliphatic carbocycles. The van der Waals surface area contributed by atoms with E-state index in [1.54, 1.807) is 6.20 Å². The molecule has 164 valence electrons. The standard InChI is InChI=1S/C22H30N4O3.HI/c1-15(2)11-16(3)29-21-12-17(7-8-24-21)14-25-22(23)26-18-5-6-19-20(13-18)28-10-4-9-27-19;/h5-8,12-13,15-16H,4,9-11,14H2,1-3H3,(H3,23,25,26);1H. The number of halogens is 1. The fourth-order valence-electron chi connectivity index (χ4n) is 3.14. The molecule has 1 atom stereocenters. The summed E-state index contributed by atoms with van der Waals surface area (Å²) in [6.45, 7) is 8.15. The van der Waals surface area contributed by atoms with Crippen LogP contribution in [-0.4, -0.2) is 30.3 Å². The first-order valence-electron chi connectivity index (χ1n) is 10.1. The van der Waals surface area contributed by atoms with Gasteiger partial charge in [0, 0.05) is 30.4 Å². The molecule has 0 fully saturated rings. The molecule has 1 aromatic heterocycles. The number of nitrogens with one attached hydrogen (secondary N) is 1. The van der Waals surface area contributed by atoms with Gasteiger partial charge >= 0.3 is 0 Å². The Kier molecular flexibility index (Phi) is 9.48. The van der Waals surface area contributed by atoms with Gasteiger partial charge in [-0.05, 0) is 43.0 Å². The van der Waals surface area contributed by atoms with Crippen LogP contribution in [0.1, 0.15) is 39.2 Å². The average molecular weight is 526 g/mol. The molecule has 0 amide bonds. The second-order valence-corrected chi connectivity index (χ2v) is 7.60. The predicted molar refractivity (Wildman–Crippen MR) is 130 cm³/mol. The van der Waals surface area contributed by atoms with Crippen LogP contribution in [0.2, 0.25) is 0 Å². The van der Waals surface area contributed by atoms with Crippen molar-refractivity contribution >= 4 is 35.6 Å². The third kappa shape index (κ3) is 7.55. The van der Waals surface area contributed by atoms with E-state index in [1.165, 1.54) is 0 Å². The van der Waals surface area contributed by atoms with Crippen LogP contribution in [0.3, 0.4) is 0 Å². The molecule has 0 spiro atoms. The highest BCUT2D eigenvalue weighted by atomic mass is 127. The highest BCUT2D eigenvalue weighted by Gasteiger charge is 2.11. The van der Waals surface area contributed by atoms with Gasteiger partial charge in [-0.2, -0.15) is 0 Å². The number of aliphatic imine (C=N–C) groups is 1. The molecule has 1 aliphatic heterocycles. The summed E-state index contributed by atoms with van der Waals surface area (Å²) < 4.78 is 17.2. The fraction of sp³-hybridized carbons (Fsp3) is 0.455. The minimum atomic E-state index is 0. The van der Waals surface area contributed by atoms with Crippen molar-refractivity contribution in [2.75, 3.05) is 18.5 Å². The molecular formula is C22H31IN4O3. The van der Waals surface area contributed by atoms with Crippen molar-refractivity contribution in [1.82, 2.24) is 4.98 Å². The van der Waals surface area contributed by atoms with Crippen molar-refractivity contribution in [2.24, 2.45) is 16.6 Å². The van der Waals surface area contributed by atoms with Crippen LogP contribution < -0.4 is 25.3 Å². The number of anilines is 1. The van der Waals surface area contributed by atoms with E-state index in [1.807, 2.05) is 30.3 Å². The Bertz CT molecular complexity index is 845. The summed E-state index contributed by atoms with van der Waals surface area (Å²) in [5.74, 6) is 2.98. The van der Waals surface area contributed by atoms with Crippen molar-refractivity contribution in [3.8, 4) is 17.4 Å². The second kappa shape index (κ2) is 11.8. The molecule has 0 bridgehead atoms. The van der Waals surface area contributed by atoms with E-state index in [0.29, 0.717) is 43.3 Å². The zero-order chi connectivity index (χ0) is 20.6. The van der Waals surface area contributed by atoms with Gasteiger partial charge in [-0.1, -0.05) is 13.8 Å². The quantitative estimate of drug-likeness (QED) is 0.312. The van der Waals surface area contributed by atoms with E-state index < -0.39 is 0 Å². The van der Waals surface area contributed by atoms with Gasteiger partial charge in [-0.25, -0.2) is 9.98 Å². The lowest BCUT2D eigenvalue weighted by molar-refractivity contribution is 0.185. The summed E-state index contributed by atoms with van der Waals surface area (Å²) in [6.07, 6.45) is 3.70. The minimum absolute atomic E-state index is 0. The Hall–Kier alpha value is -2.23. The number of pyridine rings is 1. The van der Waals surface area contributed by atoms with E-state index in [0.717, 1.165) is 29.8 Å². The first-order valence-corrected chi connectivity index (χ1v) is 10.1. The first kappa shape index (κ1) is 24.0. The number of hydrogen-bond donors (Lipinski definition) is 2. The van der Waals surface area contributed by atoms with E-state index in [2.05, 4.69) is 36.1 Å². The average Bonchev–Trinajstić information content (AvgIpc) is 2.91. The lowest BCUT2D eigenvalue weighted by Gasteiger charge is -2.16. The molecule has 3 N–H and O–H groups in total. The number of ether oxygens (including phenoxy) is 3. The summed E-state index contributed by atoms with van der Waals surface area (Å²) in [7, 11) is 0. The maximum Gasteiger partial charge on any atom is 0.213 e. The summed E-state index contributed by atoms with van der Waals surface area (Å²) in [5, 5.41) is 3.10. The lowest BCUT2D eigenvalue weighted by atomic mass is 10.1. The van der Waals surface area contributed by atoms with Gasteiger partial charge in [0.1, 0.15) is 0 Å². The normalized spacial score (nSPS) is 14.5. The van der Waals surface area contributed by atoms with Crippen molar-refractivity contribution in [1.29, 1.82) is 0 Å². The number of guanidine groups is 1. The zero-order valence-corrected chi connectivity index (χ0v) is 20.1. The van der Waals surface area contributed by atoms with E-state index in [4.69, 9.17) is 19.9 Å². The maximum atomic E-state index is 6.05. The Morgan fingerprint density at radius 1 is 1.17 bits per heavy atom. The summed E-state index contributed by atoms with van der Waals surface area (Å²) in [4.78, 5) is 8.70. The predicted octanol–water partition coefficient (Wildman–Crippen LogP) is 4.60. The van der Waals surface area contributed by atoms with Crippen LogP contribution in [0.4, 0.5) is 5.69 Å². The number of fused-ring (bicyclic) bond motifs is 1. The van der Waals surface area contributed by atoms with Crippen molar-refractivity contribution < 1.29 is 14.2 Å². The third-order valence-corrected chi connectivity index (χ3v) is 4.38. The number of hydrogen-bond acceptors (Lipinski definition) is 5. The van der Waals surface area contributed by atoms with Gasteiger partial charge in [0.05, 0.1) is 25.9 Å². The monoisotopic (exact) mass is 526 g/mol. The first-order chi connectivity index (χ1) is 14.0. The molecular weight excluding hydrogens is 495 g/mol. The van der Waals surface area contributed by atoms with E-state index in [9.17, 15) is 0 Å². The highest BCUT2D eigenvalue weighted by molar-refractivity contribution is 14.0. The zero-order valence-electron chi connectivity index (χ0n) is 17.8. The largest absolute Gasteiger partial charge is 0.490 e. The number of aromatic nitrogens is 1. The van der Waals surface area contributed by atoms with E-state index >= 15 is 0 Å². The number of rotatable bonds is 7. The second-order valence-electron chi connectivity index (χ2n) is 7.60.